The highest BCUT2D eigenvalue weighted by Gasteiger charge is 2.08. The van der Waals surface area contributed by atoms with Crippen molar-refractivity contribution < 1.29 is 23.1 Å². The Morgan fingerprint density at radius 3 is 2.74 bits per heavy atom. The number of hydrogen-bond acceptors (Lipinski definition) is 4. The quantitative estimate of drug-likeness (QED) is 0.679. The Kier molecular flexibility index (Phi) is 5.30. The largest absolute Gasteiger partial charge is 0.462 e. The van der Waals surface area contributed by atoms with Crippen molar-refractivity contribution in [2.75, 3.05) is 11.9 Å². The van der Waals surface area contributed by atoms with Crippen LogP contribution in [-0.2, 0) is 14.3 Å². The third kappa shape index (κ3) is 5.10. The minimum Gasteiger partial charge on any atom is -0.462 e. The first-order chi connectivity index (χ1) is 10.9. The van der Waals surface area contributed by atoms with Crippen LogP contribution in [0.3, 0.4) is 0 Å². The molecule has 0 aliphatic heterocycles. The van der Waals surface area contributed by atoms with E-state index in [1.54, 1.807) is 32.0 Å². The van der Waals surface area contributed by atoms with Crippen LogP contribution in [0.1, 0.15) is 17.1 Å². The molecular formula is C17H16FNO4. The second-order valence-electron chi connectivity index (χ2n) is 4.90. The first kappa shape index (κ1) is 16.5. The summed E-state index contributed by atoms with van der Waals surface area (Å²) in [6.45, 7) is 3.06. The van der Waals surface area contributed by atoms with E-state index in [-0.39, 0.29) is 0 Å². The minimum atomic E-state index is -0.676. The summed E-state index contributed by atoms with van der Waals surface area (Å²) in [7, 11) is 0. The van der Waals surface area contributed by atoms with Crippen LogP contribution in [0.2, 0.25) is 0 Å². The van der Waals surface area contributed by atoms with Gasteiger partial charge in [0.05, 0.1) is 0 Å². The van der Waals surface area contributed by atoms with Gasteiger partial charge in [0, 0.05) is 11.8 Å². The highest BCUT2D eigenvalue weighted by Crippen LogP contribution is 2.15. The molecule has 2 rings (SSSR count). The lowest BCUT2D eigenvalue weighted by molar-refractivity contribution is -0.142. The summed E-state index contributed by atoms with van der Waals surface area (Å²) in [5, 5.41) is 2.48. The molecule has 0 spiro atoms. The van der Waals surface area contributed by atoms with Gasteiger partial charge in [0.2, 0.25) is 0 Å². The Balaban J connectivity index is 1.83. The summed E-state index contributed by atoms with van der Waals surface area (Å²) in [5.74, 6) is -0.443. The molecule has 0 fully saturated rings. The second-order valence-corrected chi connectivity index (χ2v) is 4.90. The number of carbonyl (C=O) groups excluding carboxylic acids is 2. The molecule has 0 atom stereocenters. The van der Waals surface area contributed by atoms with E-state index >= 15 is 0 Å². The molecule has 0 saturated heterocycles. The number of anilines is 1. The van der Waals surface area contributed by atoms with Gasteiger partial charge in [-0.15, -0.1) is 0 Å². The maximum atomic E-state index is 13.1. The van der Waals surface area contributed by atoms with Gasteiger partial charge in [-0.05, 0) is 49.8 Å². The normalized spacial score (nSPS) is 10.7. The van der Waals surface area contributed by atoms with Gasteiger partial charge in [0.1, 0.15) is 17.3 Å². The topological polar surface area (TPSA) is 68.5 Å². The predicted octanol–water partition coefficient (Wildman–Crippen LogP) is 3.23. The molecule has 5 nitrogen and oxygen atoms in total. The summed E-state index contributed by atoms with van der Waals surface area (Å²) in [5.41, 5.74) is 1.05. The maximum absolute atomic E-state index is 13.1. The fraction of sp³-hybridized carbons (Fsp3) is 0.176. The summed E-state index contributed by atoms with van der Waals surface area (Å²) in [4.78, 5) is 23.2. The van der Waals surface area contributed by atoms with Crippen molar-refractivity contribution in [1.82, 2.24) is 0 Å². The molecule has 1 amide bonds. The Hall–Kier alpha value is -2.89. The molecule has 0 radical (unpaired) electrons. The molecular weight excluding hydrogens is 301 g/mol. The van der Waals surface area contributed by atoms with Gasteiger partial charge < -0.3 is 14.5 Å². The van der Waals surface area contributed by atoms with Crippen LogP contribution in [0.4, 0.5) is 10.1 Å². The van der Waals surface area contributed by atoms with Gasteiger partial charge in [0.15, 0.2) is 6.61 Å². The number of halogens is 1. The number of aryl methyl sites for hydroxylation is 2. The second kappa shape index (κ2) is 7.40. The molecule has 1 N–H and O–H groups in total. The van der Waals surface area contributed by atoms with E-state index in [2.05, 4.69) is 5.32 Å². The zero-order valence-electron chi connectivity index (χ0n) is 12.8. The van der Waals surface area contributed by atoms with Gasteiger partial charge in [-0.1, -0.05) is 6.07 Å². The summed E-state index contributed by atoms with van der Waals surface area (Å²) < 4.78 is 23.2. The van der Waals surface area contributed by atoms with Crippen LogP contribution in [0, 0.1) is 19.7 Å². The van der Waals surface area contributed by atoms with E-state index in [1.807, 2.05) is 0 Å². The Bertz CT molecular complexity index is 749. The van der Waals surface area contributed by atoms with Gasteiger partial charge >= 0.3 is 5.97 Å². The number of benzene rings is 1. The van der Waals surface area contributed by atoms with Crippen LogP contribution in [-0.4, -0.2) is 18.5 Å². The van der Waals surface area contributed by atoms with Crippen LogP contribution >= 0.6 is 0 Å². The third-order valence-corrected chi connectivity index (χ3v) is 2.96. The van der Waals surface area contributed by atoms with Crippen molar-refractivity contribution in [3.8, 4) is 0 Å². The molecule has 0 aliphatic rings. The predicted molar refractivity (Wildman–Crippen MR) is 83.2 cm³/mol. The monoisotopic (exact) mass is 317 g/mol. The molecule has 0 unspecified atom stereocenters. The number of amides is 1. The first-order valence-corrected chi connectivity index (χ1v) is 6.91. The molecule has 0 aliphatic carbocycles. The van der Waals surface area contributed by atoms with Gasteiger partial charge in [-0.3, -0.25) is 4.79 Å². The van der Waals surface area contributed by atoms with Crippen molar-refractivity contribution in [3.63, 3.8) is 0 Å². The van der Waals surface area contributed by atoms with E-state index in [0.717, 1.165) is 5.76 Å². The lowest BCUT2D eigenvalue weighted by Crippen LogP contribution is -2.20. The van der Waals surface area contributed by atoms with Crippen LogP contribution < -0.4 is 5.32 Å². The standard InChI is InChI=1S/C17H16FNO4/c1-11-3-5-13(18)9-15(11)19-16(20)10-22-17(21)8-7-14-6-4-12(2)23-14/h3-9H,10H2,1-2H3,(H,19,20)/b8-7+. The summed E-state index contributed by atoms with van der Waals surface area (Å²) in [6, 6.07) is 7.52. The van der Waals surface area contributed by atoms with Crippen molar-refractivity contribution >= 4 is 23.6 Å². The van der Waals surface area contributed by atoms with Gasteiger partial charge in [-0.25, -0.2) is 9.18 Å². The van der Waals surface area contributed by atoms with Crippen LogP contribution in [0.25, 0.3) is 6.08 Å². The average Bonchev–Trinajstić information content (AvgIpc) is 2.92. The number of nitrogens with one attached hydrogen (secondary N) is 1. The fourth-order valence-corrected chi connectivity index (χ4v) is 1.79. The molecule has 1 aromatic carbocycles. The Morgan fingerprint density at radius 1 is 1.26 bits per heavy atom. The van der Waals surface area contributed by atoms with E-state index in [9.17, 15) is 14.0 Å². The maximum Gasteiger partial charge on any atom is 0.331 e. The molecule has 1 heterocycles. The lowest BCUT2D eigenvalue weighted by atomic mass is 10.2. The van der Waals surface area contributed by atoms with Gasteiger partial charge in [0.25, 0.3) is 5.91 Å². The molecule has 120 valence electrons. The Labute approximate surface area is 132 Å². The fourth-order valence-electron chi connectivity index (χ4n) is 1.79. The van der Waals surface area contributed by atoms with Crippen molar-refractivity contribution in [2.24, 2.45) is 0 Å². The van der Waals surface area contributed by atoms with E-state index < -0.39 is 24.3 Å². The number of furan rings is 1. The van der Waals surface area contributed by atoms with Crippen molar-refractivity contribution in [3.05, 3.63) is 59.3 Å². The minimum absolute atomic E-state index is 0.340. The van der Waals surface area contributed by atoms with E-state index in [0.29, 0.717) is 17.0 Å². The van der Waals surface area contributed by atoms with Crippen molar-refractivity contribution in [2.45, 2.75) is 13.8 Å². The summed E-state index contributed by atoms with van der Waals surface area (Å²) >= 11 is 0. The zero-order valence-corrected chi connectivity index (χ0v) is 12.8. The number of esters is 1. The highest BCUT2D eigenvalue weighted by atomic mass is 19.1. The SMILES string of the molecule is Cc1ccc(/C=C/C(=O)OCC(=O)Nc2cc(F)ccc2C)o1. The molecule has 23 heavy (non-hydrogen) atoms. The highest BCUT2D eigenvalue weighted by molar-refractivity contribution is 5.95. The van der Waals surface area contributed by atoms with E-state index in [4.69, 9.17) is 9.15 Å². The number of ether oxygens (including phenoxy) is 1. The van der Waals surface area contributed by atoms with Gasteiger partial charge in [-0.2, -0.15) is 0 Å². The number of hydrogen-bond donors (Lipinski definition) is 1. The zero-order chi connectivity index (χ0) is 16.8. The van der Waals surface area contributed by atoms with Crippen LogP contribution in [0.15, 0.2) is 40.8 Å². The summed E-state index contributed by atoms with van der Waals surface area (Å²) in [6.07, 6.45) is 2.61. The number of rotatable bonds is 5. The number of carbonyl (C=O) groups is 2. The first-order valence-electron chi connectivity index (χ1n) is 6.91. The Morgan fingerprint density at radius 2 is 2.04 bits per heavy atom. The smallest absolute Gasteiger partial charge is 0.331 e. The molecule has 0 saturated carbocycles. The molecule has 0 bridgehead atoms. The average molecular weight is 317 g/mol. The third-order valence-electron chi connectivity index (χ3n) is 2.96. The molecule has 1 aromatic heterocycles. The van der Waals surface area contributed by atoms with E-state index in [1.165, 1.54) is 24.3 Å². The van der Waals surface area contributed by atoms with Crippen molar-refractivity contribution in [1.29, 1.82) is 0 Å². The lowest BCUT2D eigenvalue weighted by Gasteiger charge is -2.08. The molecule has 2 aromatic rings. The van der Waals surface area contributed by atoms with Crippen LogP contribution in [0.5, 0.6) is 0 Å². The molecule has 6 heteroatoms.